The predicted molar refractivity (Wildman–Crippen MR) is 120 cm³/mol. The zero-order valence-electron chi connectivity index (χ0n) is 16.9. The van der Waals surface area contributed by atoms with Crippen molar-refractivity contribution >= 4 is 45.0 Å². The van der Waals surface area contributed by atoms with Crippen molar-refractivity contribution in [2.24, 2.45) is 4.99 Å². The Morgan fingerprint density at radius 3 is 2.71 bits per heavy atom. The summed E-state index contributed by atoms with van der Waals surface area (Å²) < 4.78 is 9.27. The van der Waals surface area contributed by atoms with Crippen LogP contribution in [0, 0.1) is 6.92 Å². The van der Waals surface area contributed by atoms with Gasteiger partial charge in [0.05, 0.1) is 40.0 Å². The summed E-state index contributed by atoms with van der Waals surface area (Å²) in [4.78, 5) is 29.9. The molecule has 0 unspecified atom stereocenters. The van der Waals surface area contributed by atoms with Crippen molar-refractivity contribution in [1.29, 1.82) is 0 Å². The second-order valence-electron chi connectivity index (χ2n) is 6.70. The third kappa shape index (κ3) is 4.30. The number of rotatable bonds is 5. The SMILES string of the molecule is CCOC(=O)Cn1c(=NC(=O)c2cnn(-c3ccccc3)c2C)sc2cc(Cl)ccc21. The first-order valence-corrected chi connectivity index (χ1v) is 10.8. The van der Waals surface area contributed by atoms with E-state index < -0.39 is 11.9 Å². The summed E-state index contributed by atoms with van der Waals surface area (Å²) >= 11 is 7.40. The molecule has 2 aromatic carbocycles. The van der Waals surface area contributed by atoms with E-state index in [1.807, 2.05) is 37.3 Å². The van der Waals surface area contributed by atoms with E-state index in [9.17, 15) is 9.59 Å². The Labute approximate surface area is 187 Å². The molecule has 0 aliphatic heterocycles. The number of hydrogen-bond donors (Lipinski definition) is 0. The summed E-state index contributed by atoms with van der Waals surface area (Å²) in [5.41, 5.74) is 2.68. The number of ether oxygens (including phenoxy) is 1. The van der Waals surface area contributed by atoms with Crippen LogP contribution in [0.1, 0.15) is 23.0 Å². The molecule has 0 saturated carbocycles. The molecule has 0 saturated heterocycles. The number of benzene rings is 2. The lowest BCUT2D eigenvalue weighted by atomic mass is 10.2. The zero-order valence-corrected chi connectivity index (χ0v) is 18.5. The Morgan fingerprint density at radius 1 is 1.19 bits per heavy atom. The van der Waals surface area contributed by atoms with E-state index in [4.69, 9.17) is 16.3 Å². The predicted octanol–water partition coefficient (Wildman–Crippen LogP) is 4.15. The summed E-state index contributed by atoms with van der Waals surface area (Å²) in [5.74, 6) is -0.839. The second kappa shape index (κ2) is 8.87. The Morgan fingerprint density at radius 2 is 1.97 bits per heavy atom. The minimum Gasteiger partial charge on any atom is -0.465 e. The minimum atomic E-state index is -0.435. The van der Waals surface area contributed by atoms with Crippen LogP contribution in [-0.4, -0.2) is 32.8 Å². The van der Waals surface area contributed by atoms with Crippen LogP contribution in [-0.2, 0) is 16.1 Å². The van der Waals surface area contributed by atoms with E-state index in [-0.39, 0.29) is 13.2 Å². The molecule has 158 valence electrons. The van der Waals surface area contributed by atoms with E-state index in [0.717, 1.165) is 15.9 Å². The first-order chi connectivity index (χ1) is 15.0. The molecule has 2 aromatic heterocycles. The second-order valence-corrected chi connectivity index (χ2v) is 8.14. The van der Waals surface area contributed by atoms with E-state index in [1.54, 1.807) is 34.4 Å². The summed E-state index contributed by atoms with van der Waals surface area (Å²) in [6.45, 7) is 3.79. The fourth-order valence-electron chi connectivity index (χ4n) is 3.22. The van der Waals surface area contributed by atoms with E-state index in [1.165, 1.54) is 17.5 Å². The Bertz CT molecular complexity index is 1340. The number of para-hydroxylation sites is 1. The highest BCUT2D eigenvalue weighted by Crippen LogP contribution is 2.22. The van der Waals surface area contributed by atoms with Gasteiger partial charge in [-0.3, -0.25) is 9.59 Å². The molecular formula is C22H19ClN4O3S. The molecular weight excluding hydrogens is 436 g/mol. The third-order valence-electron chi connectivity index (χ3n) is 4.68. The number of fused-ring (bicyclic) bond motifs is 1. The average molecular weight is 455 g/mol. The Balaban J connectivity index is 1.78. The van der Waals surface area contributed by atoms with Gasteiger partial charge in [-0.1, -0.05) is 41.1 Å². The van der Waals surface area contributed by atoms with Crippen LogP contribution in [0.2, 0.25) is 5.02 Å². The zero-order chi connectivity index (χ0) is 22.0. The molecule has 0 fully saturated rings. The average Bonchev–Trinajstić information content (AvgIpc) is 3.29. The summed E-state index contributed by atoms with van der Waals surface area (Å²) in [7, 11) is 0. The number of carbonyl (C=O) groups excluding carboxylic acids is 2. The van der Waals surface area contributed by atoms with Crippen LogP contribution in [0.5, 0.6) is 0 Å². The van der Waals surface area contributed by atoms with E-state index >= 15 is 0 Å². The van der Waals surface area contributed by atoms with Crippen molar-refractivity contribution in [2.75, 3.05) is 6.61 Å². The van der Waals surface area contributed by atoms with Crippen molar-refractivity contribution in [1.82, 2.24) is 14.3 Å². The molecule has 0 spiro atoms. The molecule has 0 aliphatic carbocycles. The normalized spacial score (nSPS) is 11.8. The van der Waals surface area contributed by atoms with Crippen LogP contribution in [0.25, 0.3) is 15.9 Å². The Kier molecular flexibility index (Phi) is 6.01. The molecule has 2 heterocycles. The lowest BCUT2D eigenvalue weighted by Gasteiger charge is -2.05. The van der Waals surface area contributed by atoms with Crippen molar-refractivity contribution in [2.45, 2.75) is 20.4 Å². The standard InChI is InChI=1S/C22H19ClN4O3S/c1-3-30-20(28)13-26-18-10-9-15(23)11-19(18)31-22(26)25-21(29)17-12-24-27(14(17)2)16-7-5-4-6-8-16/h4-12H,3,13H2,1-2H3. The number of hydrogen-bond acceptors (Lipinski definition) is 5. The van der Waals surface area contributed by atoms with Gasteiger partial charge >= 0.3 is 5.97 Å². The van der Waals surface area contributed by atoms with Crippen LogP contribution in [0.3, 0.4) is 0 Å². The fourth-order valence-corrected chi connectivity index (χ4v) is 4.52. The van der Waals surface area contributed by atoms with Gasteiger partial charge in [0.15, 0.2) is 4.80 Å². The topological polar surface area (TPSA) is 78.5 Å². The molecule has 0 atom stereocenters. The van der Waals surface area contributed by atoms with Crippen LogP contribution < -0.4 is 4.80 Å². The van der Waals surface area contributed by atoms with Crippen LogP contribution >= 0.6 is 22.9 Å². The molecule has 1 amide bonds. The molecule has 0 N–H and O–H groups in total. The van der Waals surface area contributed by atoms with Gasteiger partial charge in [-0.2, -0.15) is 10.1 Å². The lowest BCUT2D eigenvalue weighted by molar-refractivity contribution is -0.143. The maximum Gasteiger partial charge on any atom is 0.326 e. The maximum atomic E-state index is 13.0. The summed E-state index contributed by atoms with van der Waals surface area (Å²) in [5, 5.41) is 4.90. The van der Waals surface area contributed by atoms with Gasteiger partial charge in [0.1, 0.15) is 6.54 Å². The number of halogens is 1. The number of carbonyl (C=O) groups is 2. The van der Waals surface area contributed by atoms with Crippen molar-refractivity contribution in [3.8, 4) is 5.69 Å². The van der Waals surface area contributed by atoms with Gasteiger partial charge in [0, 0.05) is 5.02 Å². The van der Waals surface area contributed by atoms with Crippen LogP contribution in [0.15, 0.2) is 59.7 Å². The van der Waals surface area contributed by atoms with Crippen molar-refractivity contribution in [3.05, 3.63) is 75.8 Å². The molecule has 7 nitrogen and oxygen atoms in total. The van der Waals surface area contributed by atoms with Gasteiger partial charge < -0.3 is 9.30 Å². The number of aromatic nitrogens is 3. The first-order valence-electron chi connectivity index (χ1n) is 9.61. The van der Waals surface area contributed by atoms with Crippen molar-refractivity contribution in [3.63, 3.8) is 0 Å². The van der Waals surface area contributed by atoms with Gasteiger partial charge in [-0.15, -0.1) is 0 Å². The lowest BCUT2D eigenvalue weighted by Crippen LogP contribution is -2.23. The van der Waals surface area contributed by atoms with Crippen LogP contribution in [0.4, 0.5) is 0 Å². The highest BCUT2D eigenvalue weighted by Gasteiger charge is 2.17. The monoisotopic (exact) mass is 454 g/mol. The van der Waals surface area contributed by atoms with Gasteiger partial charge in [-0.05, 0) is 44.2 Å². The molecule has 4 aromatic rings. The molecule has 0 aliphatic rings. The highest BCUT2D eigenvalue weighted by atomic mass is 35.5. The maximum absolute atomic E-state index is 13.0. The number of thiazole rings is 1. The molecule has 9 heteroatoms. The highest BCUT2D eigenvalue weighted by molar-refractivity contribution is 7.16. The number of amides is 1. The number of nitrogens with zero attached hydrogens (tertiary/aromatic N) is 4. The fraction of sp³-hybridized carbons (Fsp3) is 0.182. The molecule has 31 heavy (non-hydrogen) atoms. The van der Waals surface area contributed by atoms with Gasteiger partial charge in [0.2, 0.25) is 0 Å². The first kappa shape index (κ1) is 21.0. The van der Waals surface area contributed by atoms with Gasteiger partial charge in [0.25, 0.3) is 5.91 Å². The smallest absolute Gasteiger partial charge is 0.326 e. The largest absolute Gasteiger partial charge is 0.465 e. The van der Waals surface area contributed by atoms with E-state index in [0.29, 0.717) is 21.1 Å². The summed E-state index contributed by atoms with van der Waals surface area (Å²) in [6.07, 6.45) is 1.51. The minimum absolute atomic E-state index is 0.0517. The van der Waals surface area contributed by atoms with Gasteiger partial charge in [-0.25, -0.2) is 4.68 Å². The quantitative estimate of drug-likeness (QED) is 0.424. The molecule has 0 bridgehead atoms. The van der Waals surface area contributed by atoms with Crippen molar-refractivity contribution < 1.29 is 14.3 Å². The Hall–Kier alpha value is -3.23. The molecule has 0 radical (unpaired) electrons. The van der Waals surface area contributed by atoms with E-state index in [2.05, 4.69) is 10.1 Å². The number of esters is 1. The molecule has 4 rings (SSSR count). The third-order valence-corrected chi connectivity index (χ3v) is 5.95. The summed E-state index contributed by atoms with van der Waals surface area (Å²) in [6, 6.07) is 14.9.